The molecule has 0 aliphatic heterocycles. The van der Waals surface area contributed by atoms with Crippen molar-refractivity contribution in [3.63, 3.8) is 0 Å². The summed E-state index contributed by atoms with van der Waals surface area (Å²) >= 11 is 0. The molecule has 0 radical (unpaired) electrons. The van der Waals surface area contributed by atoms with E-state index in [1.165, 1.54) is 5.57 Å². The van der Waals surface area contributed by atoms with Crippen molar-refractivity contribution >= 4 is 0 Å². The van der Waals surface area contributed by atoms with Gasteiger partial charge in [-0.3, -0.25) is 0 Å². The van der Waals surface area contributed by atoms with Gasteiger partial charge in [0.25, 0.3) is 0 Å². The van der Waals surface area contributed by atoms with Crippen LogP contribution < -0.4 is 5.73 Å². The molecular formula is C24H33NO. The fourth-order valence-electron chi connectivity index (χ4n) is 2.93. The molecule has 1 unspecified atom stereocenters. The molecule has 0 amide bonds. The highest BCUT2D eigenvalue weighted by Gasteiger charge is 2.22. The second-order valence-corrected chi connectivity index (χ2v) is 7.02. The van der Waals surface area contributed by atoms with Crippen LogP contribution in [0.3, 0.4) is 0 Å². The van der Waals surface area contributed by atoms with Crippen LogP contribution in [0.2, 0.25) is 0 Å². The SMILES string of the molecule is C=C(C#CCC)/C=C(\C=CC)C(N)CCC1=C(C(C)(C)O)CC=CC=C1. The summed E-state index contributed by atoms with van der Waals surface area (Å²) in [5.41, 5.74) is 9.67. The Morgan fingerprint density at radius 2 is 2.15 bits per heavy atom. The second-order valence-electron chi connectivity index (χ2n) is 7.02. The van der Waals surface area contributed by atoms with Crippen molar-refractivity contribution < 1.29 is 5.11 Å². The summed E-state index contributed by atoms with van der Waals surface area (Å²) in [6.07, 6.45) is 17.4. The molecule has 0 aromatic heterocycles. The monoisotopic (exact) mass is 351 g/mol. The van der Waals surface area contributed by atoms with Crippen LogP contribution in [0.25, 0.3) is 0 Å². The maximum atomic E-state index is 10.5. The summed E-state index contributed by atoms with van der Waals surface area (Å²) in [5, 5.41) is 10.5. The molecule has 0 saturated heterocycles. The lowest BCUT2D eigenvalue weighted by Crippen LogP contribution is -2.25. The van der Waals surface area contributed by atoms with Crippen molar-refractivity contribution in [3.05, 3.63) is 71.4 Å². The van der Waals surface area contributed by atoms with Gasteiger partial charge >= 0.3 is 0 Å². The molecule has 0 aromatic carbocycles. The van der Waals surface area contributed by atoms with Gasteiger partial charge in [-0.05, 0) is 62.8 Å². The van der Waals surface area contributed by atoms with E-state index in [9.17, 15) is 5.11 Å². The van der Waals surface area contributed by atoms with Crippen molar-refractivity contribution in [2.24, 2.45) is 5.73 Å². The smallest absolute Gasteiger partial charge is 0.0809 e. The van der Waals surface area contributed by atoms with Crippen LogP contribution in [0.4, 0.5) is 0 Å². The third kappa shape index (κ3) is 7.44. The predicted molar refractivity (Wildman–Crippen MR) is 114 cm³/mol. The van der Waals surface area contributed by atoms with Crippen LogP contribution in [0.5, 0.6) is 0 Å². The van der Waals surface area contributed by atoms with E-state index < -0.39 is 5.60 Å². The lowest BCUT2D eigenvalue weighted by molar-refractivity contribution is 0.116. The van der Waals surface area contributed by atoms with Crippen LogP contribution in [0, 0.1) is 11.8 Å². The fourth-order valence-corrected chi connectivity index (χ4v) is 2.93. The molecule has 0 aromatic rings. The summed E-state index contributed by atoms with van der Waals surface area (Å²) in [7, 11) is 0. The van der Waals surface area contributed by atoms with Crippen LogP contribution in [-0.2, 0) is 0 Å². The Bertz CT molecular complexity index is 697. The van der Waals surface area contributed by atoms with Gasteiger partial charge in [-0.1, -0.05) is 61.8 Å². The number of hydrogen-bond donors (Lipinski definition) is 2. The number of nitrogens with two attached hydrogens (primary N) is 1. The molecule has 140 valence electrons. The molecule has 0 saturated carbocycles. The molecule has 0 bridgehead atoms. The normalized spacial score (nSPS) is 16.5. The zero-order chi connectivity index (χ0) is 19.6. The van der Waals surface area contributed by atoms with Crippen LogP contribution >= 0.6 is 0 Å². The van der Waals surface area contributed by atoms with Crippen LogP contribution in [0.15, 0.2) is 71.4 Å². The van der Waals surface area contributed by atoms with E-state index in [0.717, 1.165) is 42.4 Å². The highest BCUT2D eigenvalue weighted by atomic mass is 16.3. The number of aliphatic hydroxyl groups is 1. The quantitative estimate of drug-likeness (QED) is 0.492. The predicted octanol–water partition coefficient (Wildman–Crippen LogP) is 5.15. The standard InChI is InChI=1S/C24H33NO/c1-6-8-13-19(3)18-21(12-7-2)23(25)17-16-20-14-10-9-11-15-22(20)24(4,5)26/h7,9-12,14,18,23,26H,3,6,15-17,25H2,1-2,4-5H3/b12-7?,21-18+. The molecule has 1 atom stereocenters. The Morgan fingerprint density at radius 3 is 2.77 bits per heavy atom. The van der Waals surface area contributed by atoms with Crippen molar-refractivity contribution in [3.8, 4) is 11.8 Å². The van der Waals surface area contributed by atoms with E-state index in [4.69, 9.17) is 5.73 Å². The second kappa shape index (κ2) is 10.8. The van der Waals surface area contributed by atoms with Crippen molar-refractivity contribution in [2.45, 2.75) is 65.0 Å². The molecule has 26 heavy (non-hydrogen) atoms. The highest BCUT2D eigenvalue weighted by molar-refractivity contribution is 5.42. The third-order valence-corrected chi connectivity index (χ3v) is 4.27. The molecule has 0 fully saturated rings. The summed E-state index contributed by atoms with van der Waals surface area (Å²) in [6, 6.07) is -0.105. The summed E-state index contributed by atoms with van der Waals surface area (Å²) < 4.78 is 0. The first-order valence-electron chi connectivity index (χ1n) is 9.35. The molecule has 0 spiro atoms. The maximum absolute atomic E-state index is 10.5. The fraction of sp³-hybridized carbons (Fsp3) is 0.417. The Kier molecular flexibility index (Phi) is 9.13. The van der Waals surface area contributed by atoms with Gasteiger partial charge in [0.2, 0.25) is 0 Å². The van der Waals surface area contributed by atoms with Crippen molar-refractivity contribution in [1.82, 2.24) is 0 Å². The number of rotatable bonds is 7. The Labute approximate surface area is 159 Å². The van der Waals surface area contributed by atoms with Gasteiger partial charge in [0, 0.05) is 18.0 Å². The van der Waals surface area contributed by atoms with E-state index in [2.05, 4.69) is 30.6 Å². The molecule has 2 heteroatoms. The minimum absolute atomic E-state index is 0.105. The molecule has 1 aliphatic carbocycles. The van der Waals surface area contributed by atoms with E-state index in [1.54, 1.807) is 0 Å². The first-order valence-corrected chi connectivity index (χ1v) is 9.35. The highest BCUT2D eigenvalue weighted by Crippen LogP contribution is 2.29. The van der Waals surface area contributed by atoms with Gasteiger partial charge in [0.05, 0.1) is 5.60 Å². The first-order chi connectivity index (χ1) is 12.3. The lowest BCUT2D eigenvalue weighted by Gasteiger charge is -2.24. The summed E-state index contributed by atoms with van der Waals surface area (Å²) in [6.45, 7) is 11.7. The molecule has 0 heterocycles. The lowest BCUT2D eigenvalue weighted by atomic mass is 9.87. The van der Waals surface area contributed by atoms with Gasteiger partial charge in [-0.15, -0.1) is 0 Å². The Balaban J connectivity index is 2.96. The van der Waals surface area contributed by atoms with Crippen molar-refractivity contribution in [2.75, 3.05) is 0 Å². The molecule has 1 aliphatic rings. The Hall–Kier alpha value is -2.08. The number of allylic oxidation sites excluding steroid dienone is 8. The van der Waals surface area contributed by atoms with Gasteiger partial charge in [0.1, 0.15) is 0 Å². The van der Waals surface area contributed by atoms with E-state index in [-0.39, 0.29) is 6.04 Å². The summed E-state index contributed by atoms with van der Waals surface area (Å²) in [4.78, 5) is 0. The van der Waals surface area contributed by atoms with Gasteiger partial charge in [0.15, 0.2) is 0 Å². The zero-order valence-corrected chi connectivity index (χ0v) is 16.7. The topological polar surface area (TPSA) is 46.2 Å². The minimum atomic E-state index is -0.829. The van der Waals surface area contributed by atoms with Gasteiger partial charge < -0.3 is 10.8 Å². The van der Waals surface area contributed by atoms with Gasteiger partial charge in [-0.25, -0.2) is 0 Å². The molecule has 1 rings (SSSR count). The zero-order valence-electron chi connectivity index (χ0n) is 16.7. The summed E-state index contributed by atoms with van der Waals surface area (Å²) in [5.74, 6) is 6.08. The number of hydrogen-bond acceptors (Lipinski definition) is 2. The van der Waals surface area contributed by atoms with E-state index in [0.29, 0.717) is 0 Å². The maximum Gasteiger partial charge on any atom is 0.0809 e. The van der Waals surface area contributed by atoms with Crippen LogP contribution in [-0.4, -0.2) is 16.7 Å². The average Bonchev–Trinajstić information content (AvgIpc) is 2.82. The minimum Gasteiger partial charge on any atom is -0.386 e. The molecule has 2 nitrogen and oxygen atoms in total. The first kappa shape index (κ1) is 22.0. The van der Waals surface area contributed by atoms with Gasteiger partial charge in [-0.2, -0.15) is 0 Å². The molecular weight excluding hydrogens is 318 g/mol. The third-order valence-electron chi connectivity index (χ3n) is 4.27. The Morgan fingerprint density at radius 1 is 1.42 bits per heavy atom. The average molecular weight is 352 g/mol. The molecule has 3 N–H and O–H groups in total. The van der Waals surface area contributed by atoms with E-state index >= 15 is 0 Å². The van der Waals surface area contributed by atoms with Crippen LogP contribution in [0.1, 0.15) is 53.4 Å². The van der Waals surface area contributed by atoms with E-state index in [1.807, 2.05) is 58.1 Å². The largest absolute Gasteiger partial charge is 0.386 e. The van der Waals surface area contributed by atoms with Crippen molar-refractivity contribution in [1.29, 1.82) is 0 Å².